The van der Waals surface area contributed by atoms with Crippen molar-refractivity contribution in [1.29, 1.82) is 0 Å². The molecule has 0 aliphatic heterocycles. The maximum atomic E-state index is 12.5. The second-order valence-electron chi connectivity index (χ2n) is 5.29. The number of aliphatic hydroxyl groups excluding tert-OH is 1. The maximum absolute atomic E-state index is 12.5. The Labute approximate surface area is 136 Å². The minimum atomic E-state index is -4.39. The Bertz CT molecular complexity index is 697. The summed E-state index contributed by atoms with van der Waals surface area (Å²) in [5.41, 5.74) is 0.0732. The van der Waals surface area contributed by atoms with Crippen molar-refractivity contribution in [3.8, 4) is 5.69 Å². The number of nitrogens with one attached hydrogen (secondary N) is 1. The summed E-state index contributed by atoms with van der Waals surface area (Å²) < 4.78 is 39.0. The summed E-state index contributed by atoms with van der Waals surface area (Å²) in [6, 6.07) is 3.74. The number of likely N-dealkylation sites (N-methyl/N-ethyl adjacent to an activating group) is 1. The molecule has 9 heteroatoms. The van der Waals surface area contributed by atoms with Gasteiger partial charge in [0, 0.05) is 7.05 Å². The molecule has 0 aliphatic rings. The molecular formula is C15H17F3N4O2. The van der Waals surface area contributed by atoms with E-state index in [1.807, 2.05) is 0 Å². The lowest BCUT2D eigenvalue weighted by Gasteiger charge is -2.22. The summed E-state index contributed by atoms with van der Waals surface area (Å²) in [6.07, 6.45) is -1.53. The zero-order valence-corrected chi connectivity index (χ0v) is 13.1. The Morgan fingerprint density at radius 3 is 2.54 bits per heavy atom. The van der Waals surface area contributed by atoms with Gasteiger partial charge in [0.2, 0.25) is 0 Å². The summed E-state index contributed by atoms with van der Waals surface area (Å²) >= 11 is 0. The second kappa shape index (κ2) is 6.91. The van der Waals surface area contributed by atoms with Gasteiger partial charge in [-0.15, -0.1) is 0 Å². The third kappa shape index (κ3) is 4.05. The zero-order chi connectivity index (χ0) is 17.9. The van der Waals surface area contributed by atoms with Crippen molar-refractivity contribution in [2.45, 2.75) is 19.1 Å². The average Bonchev–Trinajstić information content (AvgIpc) is 3.01. The molecule has 6 nitrogen and oxygen atoms in total. The van der Waals surface area contributed by atoms with E-state index >= 15 is 0 Å². The number of carbonyl (C=O) groups is 1. The molecule has 1 aromatic heterocycles. The molecule has 24 heavy (non-hydrogen) atoms. The largest absolute Gasteiger partial charge is 0.416 e. The molecule has 0 aliphatic carbocycles. The number of rotatable bonds is 4. The maximum Gasteiger partial charge on any atom is 0.416 e. The number of anilines is 1. The van der Waals surface area contributed by atoms with Gasteiger partial charge in [-0.2, -0.15) is 18.3 Å². The normalized spacial score (nSPS) is 12.8. The fraction of sp³-hybridized carbons (Fsp3) is 0.333. The number of aromatic nitrogens is 2. The fourth-order valence-electron chi connectivity index (χ4n) is 1.87. The molecule has 1 heterocycles. The lowest BCUT2D eigenvalue weighted by atomic mass is 10.2. The van der Waals surface area contributed by atoms with Gasteiger partial charge in [-0.1, -0.05) is 0 Å². The second-order valence-corrected chi connectivity index (χ2v) is 5.29. The highest BCUT2D eigenvalue weighted by Crippen LogP contribution is 2.29. The van der Waals surface area contributed by atoms with Crippen molar-refractivity contribution < 1.29 is 23.1 Å². The minimum Gasteiger partial charge on any atom is -0.394 e. The molecule has 0 unspecified atom stereocenters. The van der Waals surface area contributed by atoms with Gasteiger partial charge >= 0.3 is 12.2 Å². The number of aliphatic hydroxyl groups is 1. The molecule has 2 amide bonds. The van der Waals surface area contributed by atoms with Gasteiger partial charge in [-0.3, -0.25) is 0 Å². The molecule has 0 fully saturated rings. The Morgan fingerprint density at radius 1 is 1.38 bits per heavy atom. The van der Waals surface area contributed by atoms with Gasteiger partial charge in [-0.05, 0) is 31.2 Å². The lowest BCUT2D eigenvalue weighted by Crippen LogP contribution is -2.40. The molecule has 0 bridgehead atoms. The first kappa shape index (κ1) is 17.8. The van der Waals surface area contributed by atoms with Gasteiger partial charge in [-0.25, -0.2) is 9.48 Å². The van der Waals surface area contributed by atoms with E-state index in [-0.39, 0.29) is 12.6 Å². The van der Waals surface area contributed by atoms with Crippen molar-refractivity contribution in [3.63, 3.8) is 0 Å². The van der Waals surface area contributed by atoms with Crippen molar-refractivity contribution in [2.75, 3.05) is 19.0 Å². The number of halogens is 3. The minimum absolute atomic E-state index is 0.172. The fourth-order valence-corrected chi connectivity index (χ4v) is 1.87. The van der Waals surface area contributed by atoms with E-state index < -0.39 is 17.8 Å². The molecule has 0 saturated carbocycles. The van der Waals surface area contributed by atoms with Gasteiger partial charge < -0.3 is 15.3 Å². The van der Waals surface area contributed by atoms with Crippen LogP contribution in [0.2, 0.25) is 0 Å². The molecule has 2 N–H and O–H groups in total. The van der Waals surface area contributed by atoms with E-state index in [2.05, 4.69) is 10.4 Å². The number of nitrogens with zero attached hydrogens (tertiary/aromatic N) is 3. The zero-order valence-electron chi connectivity index (χ0n) is 13.1. The van der Waals surface area contributed by atoms with Crippen LogP contribution in [0.5, 0.6) is 0 Å². The molecule has 2 aromatic rings. The third-order valence-electron chi connectivity index (χ3n) is 3.54. The van der Waals surface area contributed by atoms with E-state index in [9.17, 15) is 18.0 Å². The number of urea groups is 1. The number of hydrogen-bond donors (Lipinski definition) is 2. The number of benzene rings is 1. The first-order chi connectivity index (χ1) is 11.2. The predicted octanol–water partition coefficient (Wildman–Crippen LogP) is 2.74. The van der Waals surface area contributed by atoms with E-state index in [0.717, 1.165) is 12.1 Å². The average molecular weight is 342 g/mol. The molecule has 0 saturated heterocycles. The summed E-state index contributed by atoms with van der Waals surface area (Å²) in [6.45, 7) is 1.51. The van der Waals surface area contributed by atoms with Crippen LogP contribution in [0.1, 0.15) is 12.5 Å². The van der Waals surface area contributed by atoms with Gasteiger partial charge in [0.1, 0.15) is 0 Å². The van der Waals surface area contributed by atoms with Gasteiger partial charge in [0.05, 0.1) is 42.0 Å². The van der Waals surface area contributed by atoms with Crippen molar-refractivity contribution >= 4 is 11.7 Å². The van der Waals surface area contributed by atoms with Crippen LogP contribution in [-0.4, -0.2) is 45.5 Å². The summed E-state index contributed by atoms with van der Waals surface area (Å²) in [4.78, 5) is 13.3. The van der Waals surface area contributed by atoms with Crippen molar-refractivity contribution in [3.05, 3.63) is 42.2 Å². The highest BCUT2D eigenvalue weighted by molar-refractivity contribution is 5.89. The third-order valence-corrected chi connectivity index (χ3v) is 3.54. The number of hydrogen-bond acceptors (Lipinski definition) is 3. The van der Waals surface area contributed by atoms with Crippen LogP contribution in [0.4, 0.5) is 23.7 Å². The van der Waals surface area contributed by atoms with Gasteiger partial charge in [0.15, 0.2) is 0 Å². The van der Waals surface area contributed by atoms with E-state index in [1.165, 1.54) is 41.2 Å². The van der Waals surface area contributed by atoms with Crippen LogP contribution < -0.4 is 5.32 Å². The van der Waals surface area contributed by atoms with Crippen molar-refractivity contribution in [1.82, 2.24) is 14.7 Å². The van der Waals surface area contributed by atoms with Crippen LogP contribution in [0, 0.1) is 0 Å². The van der Waals surface area contributed by atoms with Crippen LogP contribution in [0.3, 0.4) is 0 Å². The topological polar surface area (TPSA) is 70.4 Å². The highest BCUT2D eigenvalue weighted by Gasteiger charge is 2.30. The Hall–Kier alpha value is -2.55. The van der Waals surface area contributed by atoms with Crippen LogP contribution in [-0.2, 0) is 6.18 Å². The monoisotopic (exact) mass is 342 g/mol. The van der Waals surface area contributed by atoms with E-state index in [4.69, 9.17) is 5.11 Å². The number of carbonyl (C=O) groups excluding carboxylic acids is 1. The Morgan fingerprint density at radius 2 is 2.00 bits per heavy atom. The SMILES string of the molecule is C[C@H](CO)N(C)C(=O)Nc1cnn(-c2ccc(C(F)(F)F)cc2)c1. The predicted molar refractivity (Wildman–Crippen MR) is 81.9 cm³/mol. The molecule has 0 spiro atoms. The number of alkyl halides is 3. The Balaban J connectivity index is 2.09. The Kier molecular flexibility index (Phi) is 5.13. The molecular weight excluding hydrogens is 325 g/mol. The quantitative estimate of drug-likeness (QED) is 0.898. The van der Waals surface area contributed by atoms with Gasteiger partial charge in [0.25, 0.3) is 0 Å². The van der Waals surface area contributed by atoms with E-state index in [0.29, 0.717) is 11.4 Å². The van der Waals surface area contributed by atoms with Crippen LogP contribution >= 0.6 is 0 Å². The first-order valence-electron chi connectivity index (χ1n) is 7.09. The molecule has 2 rings (SSSR count). The standard InChI is InChI=1S/C15H17F3N4O2/c1-10(9-23)21(2)14(24)20-12-7-19-22(8-12)13-5-3-11(4-6-13)15(16,17)18/h3-8,10,23H,9H2,1-2H3,(H,20,24)/t10-/m1/s1. The molecule has 0 radical (unpaired) electrons. The molecule has 130 valence electrons. The van der Waals surface area contributed by atoms with Crippen LogP contribution in [0.25, 0.3) is 5.69 Å². The lowest BCUT2D eigenvalue weighted by molar-refractivity contribution is -0.137. The van der Waals surface area contributed by atoms with Crippen LogP contribution in [0.15, 0.2) is 36.7 Å². The van der Waals surface area contributed by atoms with Crippen molar-refractivity contribution in [2.24, 2.45) is 0 Å². The first-order valence-corrected chi connectivity index (χ1v) is 7.09. The molecule has 1 atom stereocenters. The highest BCUT2D eigenvalue weighted by atomic mass is 19.4. The number of amides is 2. The summed E-state index contributed by atoms with van der Waals surface area (Å²) in [5.74, 6) is 0. The smallest absolute Gasteiger partial charge is 0.394 e. The van der Waals surface area contributed by atoms with E-state index in [1.54, 1.807) is 6.92 Å². The summed E-state index contributed by atoms with van der Waals surface area (Å²) in [7, 11) is 1.54. The summed E-state index contributed by atoms with van der Waals surface area (Å²) in [5, 5.41) is 15.6. The molecule has 1 aromatic carbocycles.